The van der Waals surface area contributed by atoms with E-state index < -0.39 is 0 Å². The van der Waals surface area contributed by atoms with E-state index in [1.54, 1.807) is 7.11 Å². The van der Waals surface area contributed by atoms with Crippen LogP contribution < -0.4 is 16.4 Å². The molecule has 0 bridgehead atoms. The molecule has 134 valence electrons. The van der Waals surface area contributed by atoms with Gasteiger partial charge in [-0.15, -0.1) is 24.0 Å². The van der Waals surface area contributed by atoms with Gasteiger partial charge in [0.1, 0.15) is 0 Å². The van der Waals surface area contributed by atoms with Crippen molar-refractivity contribution in [2.45, 2.75) is 44.8 Å². The molecule has 1 aliphatic carbocycles. The van der Waals surface area contributed by atoms with Crippen LogP contribution in [0.5, 0.6) is 0 Å². The molecule has 1 fully saturated rings. The molecule has 1 amide bonds. The van der Waals surface area contributed by atoms with E-state index in [1.807, 2.05) is 24.3 Å². The minimum absolute atomic E-state index is 0. The Bertz CT molecular complexity index is 545. The van der Waals surface area contributed by atoms with E-state index in [0.717, 1.165) is 24.1 Å². The highest BCUT2D eigenvalue weighted by atomic mass is 127. The molecule has 0 heterocycles. The molecular weight excluding hydrogens is 419 g/mol. The number of guanidine groups is 1. The zero-order valence-electron chi connectivity index (χ0n) is 14.1. The molecule has 0 saturated heterocycles. The second-order valence-electron chi connectivity index (χ2n) is 5.78. The number of halogens is 1. The maximum absolute atomic E-state index is 11.8. The zero-order chi connectivity index (χ0) is 16.5. The first-order valence-electron chi connectivity index (χ1n) is 8.12. The van der Waals surface area contributed by atoms with Crippen LogP contribution in [-0.4, -0.2) is 31.6 Å². The molecule has 0 radical (unpaired) electrons. The number of methoxy groups -OCH3 is 1. The number of anilines is 1. The quantitative estimate of drug-likeness (QED) is 0.341. The van der Waals surface area contributed by atoms with Crippen LogP contribution in [0, 0.1) is 0 Å². The molecule has 6 nitrogen and oxygen atoms in total. The molecule has 0 aliphatic heterocycles. The molecule has 0 spiro atoms. The number of aliphatic imine (C=N–C) groups is 1. The lowest BCUT2D eigenvalue weighted by Crippen LogP contribution is -2.33. The van der Waals surface area contributed by atoms with Gasteiger partial charge in [0.15, 0.2) is 5.96 Å². The molecule has 4 N–H and O–H groups in total. The van der Waals surface area contributed by atoms with Crippen molar-refractivity contribution in [2.75, 3.05) is 19.0 Å². The number of hydrogen-bond donors (Lipinski definition) is 3. The first-order valence-corrected chi connectivity index (χ1v) is 8.12. The lowest BCUT2D eigenvalue weighted by atomic mass is 10.2. The van der Waals surface area contributed by atoms with Crippen molar-refractivity contribution in [2.24, 2.45) is 10.7 Å². The summed E-state index contributed by atoms with van der Waals surface area (Å²) in [5, 5.41) is 6.10. The SMILES string of the molecule is COCc1ccccc1NC(N)=NCCC(=O)NC1CCCC1.I. The topological polar surface area (TPSA) is 88.7 Å². The van der Waals surface area contributed by atoms with Gasteiger partial charge in [0.2, 0.25) is 5.91 Å². The molecular formula is C17H27IN4O2. The van der Waals surface area contributed by atoms with Crippen molar-refractivity contribution < 1.29 is 9.53 Å². The summed E-state index contributed by atoms with van der Waals surface area (Å²) in [4.78, 5) is 16.0. The van der Waals surface area contributed by atoms with Crippen molar-refractivity contribution >= 4 is 41.5 Å². The number of nitrogens with two attached hydrogens (primary N) is 1. The lowest BCUT2D eigenvalue weighted by Gasteiger charge is -2.12. The van der Waals surface area contributed by atoms with Crippen LogP contribution in [0.4, 0.5) is 5.69 Å². The first kappa shape index (κ1) is 20.7. The van der Waals surface area contributed by atoms with Gasteiger partial charge in [-0.25, -0.2) is 0 Å². The number of carbonyl (C=O) groups is 1. The molecule has 0 unspecified atom stereocenters. The number of para-hydroxylation sites is 1. The summed E-state index contributed by atoms with van der Waals surface area (Å²) >= 11 is 0. The first-order chi connectivity index (χ1) is 11.2. The third kappa shape index (κ3) is 7.04. The summed E-state index contributed by atoms with van der Waals surface area (Å²) in [6.45, 7) is 0.879. The summed E-state index contributed by atoms with van der Waals surface area (Å²) in [5.41, 5.74) is 7.76. The Labute approximate surface area is 160 Å². The highest BCUT2D eigenvalue weighted by Gasteiger charge is 2.16. The van der Waals surface area contributed by atoms with E-state index in [9.17, 15) is 4.79 Å². The van der Waals surface area contributed by atoms with E-state index >= 15 is 0 Å². The maximum atomic E-state index is 11.8. The number of hydrogen-bond acceptors (Lipinski definition) is 3. The van der Waals surface area contributed by atoms with Crippen LogP contribution in [-0.2, 0) is 16.1 Å². The van der Waals surface area contributed by atoms with E-state index in [0.29, 0.717) is 31.6 Å². The van der Waals surface area contributed by atoms with Crippen molar-refractivity contribution in [1.29, 1.82) is 0 Å². The molecule has 7 heteroatoms. The molecule has 0 atom stereocenters. The number of amides is 1. The number of rotatable bonds is 7. The lowest BCUT2D eigenvalue weighted by molar-refractivity contribution is -0.121. The van der Waals surface area contributed by atoms with Crippen LogP contribution in [0.1, 0.15) is 37.7 Å². The standard InChI is InChI=1S/C17H26N4O2.HI/c1-23-12-13-6-2-5-9-15(13)21-17(18)19-11-10-16(22)20-14-7-3-4-8-14;/h2,5-6,9,14H,3-4,7-8,10-12H2,1H3,(H,20,22)(H3,18,19,21);1H. The van der Waals surface area contributed by atoms with Gasteiger partial charge in [0, 0.05) is 30.8 Å². The van der Waals surface area contributed by atoms with Gasteiger partial charge in [-0.1, -0.05) is 31.0 Å². The minimum atomic E-state index is 0. The van der Waals surface area contributed by atoms with Gasteiger partial charge in [-0.2, -0.15) is 0 Å². The molecule has 1 aliphatic rings. The third-order valence-corrected chi connectivity index (χ3v) is 3.92. The fraction of sp³-hybridized carbons (Fsp3) is 0.529. The Morgan fingerprint density at radius 2 is 2.04 bits per heavy atom. The monoisotopic (exact) mass is 446 g/mol. The van der Waals surface area contributed by atoms with Crippen LogP contribution in [0.3, 0.4) is 0 Å². The molecule has 1 aromatic rings. The number of nitrogens with zero attached hydrogens (tertiary/aromatic N) is 1. The second kappa shape index (κ2) is 11.2. The second-order valence-corrected chi connectivity index (χ2v) is 5.78. The number of nitrogens with one attached hydrogen (secondary N) is 2. The van der Waals surface area contributed by atoms with Crippen LogP contribution in [0.15, 0.2) is 29.3 Å². The normalized spacial score (nSPS) is 15.0. The smallest absolute Gasteiger partial charge is 0.222 e. The van der Waals surface area contributed by atoms with Crippen LogP contribution >= 0.6 is 24.0 Å². The maximum Gasteiger partial charge on any atom is 0.222 e. The van der Waals surface area contributed by atoms with E-state index in [2.05, 4.69) is 15.6 Å². The van der Waals surface area contributed by atoms with Crippen molar-refractivity contribution in [1.82, 2.24) is 5.32 Å². The third-order valence-electron chi connectivity index (χ3n) is 3.92. The summed E-state index contributed by atoms with van der Waals surface area (Å²) < 4.78 is 5.15. The fourth-order valence-corrected chi connectivity index (χ4v) is 2.75. The molecule has 0 aromatic heterocycles. The average Bonchev–Trinajstić information content (AvgIpc) is 3.02. The molecule has 1 aromatic carbocycles. The minimum Gasteiger partial charge on any atom is -0.380 e. The Morgan fingerprint density at radius 3 is 2.75 bits per heavy atom. The number of carbonyl (C=O) groups excluding carboxylic acids is 1. The number of benzene rings is 1. The predicted octanol–water partition coefficient (Wildman–Crippen LogP) is 2.63. The average molecular weight is 446 g/mol. The number of ether oxygens (including phenoxy) is 1. The van der Waals surface area contributed by atoms with Gasteiger partial charge < -0.3 is 21.1 Å². The van der Waals surface area contributed by atoms with Crippen LogP contribution in [0.2, 0.25) is 0 Å². The van der Waals surface area contributed by atoms with E-state index in [1.165, 1.54) is 12.8 Å². The van der Waals surface area contributed by atoms with Gasteiger partial charge in [-0.3, -0.25) is 9.79 Å². The zero-order valence-corrected chi connectivity index (χ0v) is 16.4. The van der Waals surface area contributed by atoms with Crippen molar-refractivity contribution in [3.8, 4) is 0 Å². The molecule has 24 heavy (non-hydrogen) atoms. The summed E-state index contributed by atoms with van der Waals surface area (Å²) in [7, 11) is 1.65. The summed E-state index contributed by atoms with van der Waals surface area (Å²) in [6, 6.07) is 8.10. The Kier molecular flexibility index (Phi) is 9.70. The van der Waals surface area contributed by atoms with Crippen molar-refractivity contribution in [3.05, 3.63) is 29.8 Å². The Balaban J connectivity index is 0.00000288. The summed E-state index contributed by atoms with van der Waals surface area (Å²) in [5.74, 6) is 0.357. The van der Waals surface area contributed by atoms with Crippen molar-refractivity contribution in [3.63, 3.8) is 0 Å². The van der Waals surface area contributed by atoms with Gasteiger partial charge in [-0.05, 0) is 18.9 Å². The fourth-order valence-electron chi connectivity index (χ4n) is 2.75. The van der Waals surface area contributed by atoms with Gasteiger partial charge in [0.05, 0.1) is 13.2 Å². The highest BCUT2D eigenvalue weighted by Crippen LogP contribution is 2.17. The largest absolute Gasteiger partial charge is 0.380 e. The van der Waals surface area contributed by atoms with Gasteiger partial charge in [0.25, 0.3) is 0 Å². The highest BCUT2D eigenvalue weighted by molar-refractivity contribution is 14.0. The van der Waals surface area contributed by atoms with E-state index in [-0.39, 0.29) is 29.9 Å². The molecule has 2 rings (SSSR count). The summed E-state index contributed by atoms with van der Waals surface area (Å²) in [6.07, 6.45) is 4.96. The Morgan fingerprint density at radius 1 is 1.33 bits per heavy atom. The van der Waals surface area contributed by atoms with Crippen LogP contribution in [0.25, 0.3) is 0 Å². The molecule has 1 saturated carbocycles. The van der Waals surface area contributed by atoms with E-state index in [4.69, 9.17) is 10.5 Å². The van der Waals surface area contributed by atoms with Gasteiger partial charge >= 0.3 is 0 Å². The predicted molar refractivity (Wildman–Crippen MR) is 108 cm³/mol. The Hall–Kier alpha value is -1.35.